The molecule has 0 aliphatic carbocycles. The van der Waals surface area contributed by atoms with Gasteiger partial charge < -0.3 is 20.5 Å². The second kappa shape index (κ2) is 6.12. The molecule has 0 spiro atoms. The topological polar surface area (TPSA) is 82.3 Å². The van der Waals surface area contributed by atoms with Gasteiger partial charge >= 0.3 is 0 Å². The highest BCUT2D eigenvalue weighted by Gasteiger charge is 2.09. The SMILES string of the molecule is CCOC(C)CNc1ncnc(OC)c1N. The van der Waals surface area contributed by atoms with Crippen LogP contribution >= 0.6 is 0 Å². The van der Waals surface area contributed by atoms with E-state index in [9.17, 15) is 0 Å². The Hall–Kier alpha value is -1.56. The summed E-state index contributed by atoms with van der Waals surface area (Å²) in [6.07, 6.45) is 1.51. The van der Waals surface area contributed by atoms with Crippen molar-refractivity contribution in [3.63, 3.8) is 0 Å². The van der Waals surface area contributed by atoms with Crippen molar-refractivity contribution >= 4 is 11.5 Å². The summed E-state index contributed by atoms with van der Waals surface area (Å²) in [4.78, 5) is 7.93. The Labute approximate surface area is 95.2 Å². The number of anilines is 2. The van der Waals surface area contributed by atoms with Crippen LogP contribution in [-0.2, 0) is 4.74 Å². The lowest BCUT2D eigenvalue weighted by Crippen LogP contribution is -2.21. The molecule has 90 valence electrons. The molecule has 6 heteroatoms. The van der Waals surface area contributed by atoms with E-state index in [4.69, 9.17) is 15.2 Å². The lowest BCUT2D eigenvalue weighted by molar-refractivity contribution is 0.0855. The van der Waals surface area contributed by atoms with Gasteiger partial charge in [0.1, 0.15) is 12.0 Å². The number of nitrogens with two attached hydrogens (primary N) is 1. The predicted molar refractivity (Wildman–Crippen MR) is 62.6 cm³/mol. The number of aromatic nitrogens is 2. The highest BCUT2D eigenvalue weighted by atomic mass is 16.5. The van der Waals surface area contributed by atoms with Gasteiger partial charge in [0.15, 0.2) is 5.82 Å². The molecule has 6 nitrogen and oxygen atoms in total. The van der Waals surface area contributed by atoms with Gasteiger partial charge in [0.05, 0.1) is 13.2 Å². The fourth-order valence-electron chi connectivity index (χ4n) is 1.27. The third-order valence-electron chi connectivity index (χ3n) is 2.05. The minimum Gasteiger partial charge on any atom is -0.479 e. The third-order valence-corrected chi connectivity index (χ3v) is 2.05. The summed E-state index contributed by atoms with van der Waals surface area (Å²) < 4.78 is 10.4. The second-order valence-electron chi connectivity index (χ2n) is 3.29. The van der Waals surface area contributed by atoms with Crippen molar-refractivity contribution < 1.29 is 9.47 Å². The monoisotopic (exact) mass is 226 g/mol. The standard InChI is InChI=1S/C10H18N4O2/c1-4-16-7(2)5-12-9-8(11)10(15-3)14-6-13-9/h6-7H,4-5,11H2,1-3H3,(H,12,13,14). The number of nitrogens with one attached hydrogen (secondary N) is 1. The summed E-state index contributed by atoms with van der Waals surface area (Å²) in [7, 11) is 1.52. The van der Waals surface area contributed by atoms with Crippen molar-refractivity contribution in [3.8, 4) is 5.88 Å². The number of ether oxygens (including phenoxy) is 2. The van der Waals surface area contributed by atoms with E-state index in [1.807, 2.05) is 13.8 Å². The van der Waals surface area contributed by atoms with Crippen molar-refractivity contribution in [1.82, 2.24) is 9.97 Å². The maximum atomic E-state index is 5.80. The molecule has 1 rings (SSSR count). The van der Waals surface area contributed by atoms with Crippen LogP contribution in [0.15, 0.2) is 6.33 Å². The molecule has 0 saturated carbocycles. The molecule has 0 aliphatic rings. The first-order chi connectivity index (χ1) is 7.69. The fourth-order valence-corrected chi connectivity index (χ4v) is 1.27. The number of methoxy groups -OCH3 is 1. The molecule has 1 aromatic rings. The van der Waals surface area contributed by atoms with E-state index in [1.54, 1.807) is 0 Å². The van der Waals surface area contributed by atoms with Gasteiger partial charge in [-0.1, -0.05) is 0 Å². The van der Waals surface area contributed by atoms with E-state index in [-0.39, 0.29) is 6.10 Å². The van der Waals surface area contributed by atoms with E-state index < -0.39 is 0 Å². The largest absolute Gasteiger partial charge is 0.479 e. The van der Waals surface area contributed by atoms with Gasteiger partial charge in [-0.2, -0.15) is 4.98 Å². The Bertz CT molecular complexity index is 333. The number of hydrogen-bond donors (Lipinski definition) is 2. The van der Waals surface area contributed by atoms with Crippen LogP contribution in [0, 0.1) is 0 Å². The molecule has 0 saturated heterocycles. The molecule has 1 atom stereocenters. The number of hydrogen-bond acceptors (Lipinski definition) is 6. The number of rotatable bonds is 6. The van der Waals surface area contributed by atoms with Crippen LogP contribution in [-0.4, -0.2) is 36.3 Å². The molecule has 3 N–H and O–H groups in total. The van der Waals surface area contributed by atoms with Crippen LogP contribution in [0.25, 0.3) is 0 Å². The normalized spacial score (nSPS) is 12.2. The van der Waals surface area contributed by atoms with Gasteiger partial charge in [-0.15, -0.1) is 0 Å². The summed E-state index contributed by atoms with van der Waals surface area (Å²) in [6.45, 7) is 5.26. The molecule has 0 fully saturated rings. The average molecular weight is 226 g/mol. The number of nitrogens with zero attached hydrogens (tertiary/aromatic N) is 2. The third kappa shape index (κ3) is 3.23. The molecule has 1 unspecified atom stereocenters. The van der Waals surface area contributed by atoms with Gasteiger partial charge in [-0.05, 0) is 13.8 Å². The van der Waals surface area contributed by atoms with Gasteiger partial charge in [-0.3, -0.25) is 0 Å². The fraction of sp³-hybridized carbons (Fsp3) is 0.600. The molecular formula is C10H18N4O2. The van der Waals surface area contributed by atoms with Gasteiger partial charge in [-0.25, -0.2) is 4.98 Å². The molecule has 1 aromatic heterocycles. The number of nitrogen functional groups attached to an aromatic ring is 1. The van der Waals surface area contributed by atoms with Gasteiger partial charge in [0.2, 0.25) is 5.88 Å². The summed E-state index contributed by atoms with van der Waals surface area (Å²) in [6, 6.07) is 0. The van der Waals surface area contributed by atoms with Crippen molar-refractivity contribution in [1.29, 1.82) is 0 Å². The molecule has 0 radical (unpaired) electrons. The maximum absolute atomic E-state index is 5.80. The lowest BCUT2D eigenvalue weighted by Gasteiger charge is -2.14. The average Bonchev–Trinajstić information content (AvgIpc) is 2.28. The van der Waals surface area contributed by atoms with Gasteiger partial charge in [0.25, 0.3) is 0 Å². The molecule has 1 heterocycles. The van der Waals surface area contributed by atoms with E-state index in [0.29, 0.717) is 30.5 Å². The highest BCUT2D eigenvalue weighted by Crippen LogP contribution is 2.23. The summed E-state index contributed by atoms with van der Waals surface area (Å²) in [5.74, 6) is 0.944. The molecule has 16 heavy (non-hydrogen) atoms. The van der Waals surface area contributed by atoms with Gasteiger partial charge in [0, 0.05) is 13.2 Å². The maximum Gasteiger partial charge on any atom is 0.242 e. The Morgan fingerprint density at radius 2 is 2.25 bits per heavy atom. The highest BCUT2D eigenvalue weighted by molar-refractivity contribution is 5.66. The predicted octanol–water partition coefficient (Wildman–Crippen LogP) is 0.904. The van der Waals surface area contributed by atoms with E-state index in [2.05, 4.69) is 15.3 Å². The van der Waals surface area contributed by atoms with Crippen LogP contribution < -0.4 is 15.8 Å². The molecule has 0 amide bonds. The van der Waals surface area contributed by atoms with Crippen molar-refractivity contribution in [2.45, 2.75) is 20.0 Å². The van der Waals surface area contributed by atoms with Crippen molar-refractivity contribution in [3.05, 3.63) is 6.33 Å². The summed E-state index contributed by atoms with van der Waals surface area (Å²) >= 11 is 0. The van der Waals surface area contributed by atoms with Crippen molar-refractivity contribution in [2.75, 3.05) is 31.3 Å². The smallest absolute Gasteiger partial charge is 0.242 e. The first-order valence-electron chi connectivity index (χ1n) is 5.19. The van der Waals surface area contributed by atoms with Crippen LogP contribution in [0.1, 0.15) is 13.8 Å². The zero-order chi connectivity index (χ0) is 12.0. The van der Waals surface area contributed by atoms with Crippen LogP contribution in [0.2, 0.25) is 0 Å². The van der Waals surface area contributed by atoms with E-state index >= 15 is 0 Å². The van der Waals surface area contributed by atoms with E-state index in [1.165, 1.54) is 13.4 Å². The summed E-state index contributed by atoms with van der Waals surface area (Å²) in [5.41, 5.74) is 6.21. The molecule has 0 aliphatic heterocycles. The minimum atomic E-state index is 0.102. The molecular weight excluding hydrogens is 208 g/mol. The first kappa shape index (κ1) is 12.5. The van der Waals surface area contributed by atoms with Crippen molar-refractivity contribution in [2.24, 2.45) is 0 Å². The summed E-state index contributed by atoms with van der Waals surface area (Å²) in [5, 5.41) is 3.09. The molecule has 0 bridgehead atoms. The van der Waals surface area contributed by atoms with Crippen LogP contribution in [0.3, 0.4) is 0 Å². The zero-order valence-corrected chi connectivity index (χ0v) is 9.86. The van der Waals surface area contributed by atoms with Crippen LogP contribution in [0.5, 0.6) is 5.88 Å². The lowest BCUT2D eigenvalue weighted by atomic mass is 10.4. The van der Waals surface area contributed by atoms with Crippen LogP contribution in [0.4, 0.5) is 11.5 Å². The molecule has 0 aromatic carbocycles. The Morgan fingerprint density at radius 1 is 1.50 bits per heavy atom. The Morgan fingerprint density at radius 3 is 2.88 bits per heavy atom. The quantitative estimate of drug-likeness (QED) is 0.750. The first-order valence-corrected chi connectivity index (χ1v) is 5.19. The Balaban J connectivity index is 2.60. The minimum absolute atomic E-state index is 0.102. The second-order valence-corrected chi connectivity index (χ2v) is 3.29. The zero-order valence-electron chi connectivity index (χ0n) is 9.86. The Kier molecular flexibility index (Phi) is 4.78. The van der Waals surface area contributed by atoms with E-state index in [0.717, 1.165) is 0 Å².